The molecule has 0 atom stereocenters. The summed E-state index contributed by atoms with van der Waals surface area (Å²) in [6.45, 7) is 0.154. The van der Waals surface area contributed by atoms with Gasteiger partial charge in [0.05, 0.1) is 34.6 Å². The van der Waals surface area contributed by atoms with Crippen LogP contribution in [0, 0.1) is 17.1 Å². The quantitative estimate of drug-likeness (QED) is 0.459. The van der Waals surface area contributed by atoms with Gasteiger partial charge in [-0.15, -0.1) is 0 Å². The number of fused-ring (bicyclic) bond motifs is 2. The van der Waals surface area contributed by atoms with Crippen molar-refractivity contribution in [2.45, 2.75) is 6.54 Å². The molecule has 0 spiro atoms. The molecule has 8 heteroatoms. The standard InChI is InChI=1S/C24H17FN6O/c1-31-23(19-9-14(10-26)15-4-2-3-5-16(15)22(19)25)20(12-28-31)13-6-7-17-18(8-13)21(11-27)29-30-24(17)32/h2-9,12H,11,27H2,1H3,(H,30,32). The highest BCUT2D eigenvalue weighted by Gasteiger charge is 2.21. The Balaban J connectivity index is 1.80. The predicted octanol–water partition coefficient (Wildman–Crippen LogP) is 3.61. The summed E-state index contributed by atoms with van der Waals surface area (Å²) in [4.78, 5) is 12.2. The lowest BCUT2D eigenvalue weighted by Crippen LogP contribution is -2.13. The summed E-state index contributed by atoms with van der Waals surface area (Å²) in [6, 6.07) is 15.9. The van der Waals surface area contributed by atoms with E-state index in [1.807, 2.05) is 6.07 Å². The van der Waals surface area contributed by atoms with Gasteiger partial charge in [-0.1, -0.05) is 30.3 Å². The summed E-state index contributed by atoms with van der Waals surface area (Å²) in [5.74, 6) is -0.425. The molecule has 0 saturated carbocycles. The molecular weight excluding hydrogens is 407 g/mol. The van der Waals surface area contributed by atoms with Gasteiger partial charge in [-0.25, -0.2) is 9.49 Å². The van der Waals surface area contributed by atoms with E-state index in [1.54, 1.807) is 60.4 Å². The lowest BCUT2D eigenvalue weighted by Gasteiger charge is -2.12. The molecule has 0 aliphatic carbocycles. The molecule has 0 fully saturated rings. The van der Waals surface area contributed by atoms with Gasteiger partial charge in [0.25, 0.3) is 5.56 Å². The van der Waals surface area contributed by atoms with E-state index in [2.05, 4.69) is 21.4 Å². The summed E-state index contributed by atoms with van der Waals surface area (Å²) < 4.78 is 17.2. The molecule has 0 amide bonds. The van der Waals surface area contributed by atoms with Gasteiger partial charge in [0, 0.05) is 40.9 Å². The van der Waals surface area contributed by atoms with Gasteiger partial charge in [-0.2, -0.15) is 15.5 Å². The van der Waals surface area contributed by atoms with Crippen molar-refractivity contribution in [1.29, 1.82) is 5.26 Å². The van der Waals surface area contributed by atoms with Crippen LogP contribution in [0.25, 0.3) is 43.9 Å². The number of halogens is 1. The Morgan fingerprint density at radius 2 is 1.88 bits per heavy atom. The molecule has 0 aliphatic heterocycles. The minimum absolute atomic E-state index is 0.154. The first-order chi connectivity index (χ1) is 15.5. The van der Waals surface area contributed by atoms with Crippen molar-refractivity contribution >= 4 is 21.5 Å². The normalized spacial score (nSPS) is 11.2. The molecular formula is C24H17FN6O. The highest BCUT2D eigenvalue weighted by atomic mass is 19.1. The van der Waals surface area contributed by atoms with E-state index in [0.717, 1.165) is 5.56 Å². The number of rotatable bonds is 3. The van der Waals surface area contributed by atoms with E-state index in [9.17, 15) is 10.1 Å². The second-order valence-corrected chi connectivity index (χ2v) is 7.44. The number of nitrogens with zero attached hydrogens (tertiary/aromatic N) is 4. The molecule has 0 unspecified atom stereocenters. The van der Waals surface area contributed by atoms with Gasteiger partial charge >= 0.3 is 0 Å². The maximum Gasteiger partial charge on any atom is 0.272 e. The number of H-pyrrole nitrogens is 1. The third-order valence-electron chi connectivity index (χ3n) is 5.67. The highest BCUT2D eigenvalue weighted by Crippen LogP contribution is 2.37. The van der Waals surface area contributed by atoms with Crippen LogP contribution >= 0.6 is 0 Å². The van der Waals surface area contributed by atoms with Gasteiger partial charge < -0.3 is 5.73 Å². The third kappa shape index (κ3) is 2.87. The van der Waals surface area contributed by atoms with E-state index < -0.39 is 5.82 Å². The number of nitriles is 1. The zero-order valence-corrected chi connectivity index (χ0v) is 17.1. The van der Waals surface area contributed by atoms with Crippen molar-refractivity contribution < 1.29 is 4.39 Å². The van der Waals surface area contributed by atoms with Crippen LogP contribution < -0.4 is 11.3 Å². The molecule has 0 saturated heterocycles. The van der Waals surface area contributed by atoms with Crippen LogP contribution in [0.4, 0.5) is 4.39 Å². The first-order valence-corrected chi connectivity index (χ1v) is 9.89. The van der Waals surface area contributed by atoms with Crippen LogP contribution in [0.2, 0.25) is 0 Å². The fourth-order valence-electron chi connectivity index (χ4n) is 4.12. The molecule has 3 aromatic carbocycles. The summed E-state index contributed by atoms with van der Waals surface area (Å²) in [6.07, 6.45) is 1.64. The average Bonchev–Trinajstić information content (AvgIpc) is 3.21. The number of benzene rings is 3. The van der Waals surface area contributed by atoms with Crippen molar-refractivity contribution in [3.63, 3.8) is 0 Å². The average molecular weight is 424 g/mol. The molecule has 3 N–H and O–H groups in total. The minimum atomic E-state index is -0.425. The van der Waals surface area contributed by atoms with Gasteiger partial charge in [-0.3, -0.25) is 9.48 Å². The summed E-state index contributed by atoms with van der Waals surface area (Å²) >= 11 is 0. The monoisotopic (exact) mass is 424 g/mol. The largest absolute Gasteiger partial charge is 0.325 e. The molecule has 0 radical (unpaired) electrons. The number of nitrogens with two attached hydrogens (primary N) is 1. The lowest BCUT2D eigenvalue weighted by molar-refractivity contribution is 0.639. The molecule has 0 aliphatic rings. The second kappa shape index (κ2) is 7.41. The molecule has 2 aromatic heterocycles. The van der Waals surface area contributed by atoms with Crippen LogP contribution in [0.15, 0.2) is 59.5 Å². The van der Waals surface area contributed by atoms with Crippen LogP contribution in [-0.2, 0) is 13.6 Å². The van der Waals surface area contributed by atoms with Crippen molar-refractivity contribution in [2.75, 3.05) is 0 Å². The van der Waals surface area contributed by atoms with Crippen molar-refractivity contribution in [3.8, 4) is 28.5 Å². The number of aryl methyl sites for hydroxylation is 1. The minimum Gasteiger partial charge on any atom is -0.325 e. The van der Waals surface area contributed by atoms with Crippen LogP contribution in [0.3, 0.4) is 0 Å². The van der Waals surface area contributed by atoms with E-state index >= 15 is 4.39 Å². The number of hydrogen-bond acceptors (Lipinski definition) is 5. The Bertz CT molecular complexity index is 1630. The number of hydrogen-bond donors (Lipinski definition) is 2. The number of aromatic amines is 1. The Morgan fingerprint density at radius 1 is 1.09 bits per heavy atom. The molecule has 32 heavy (non-hydrogen) atoms. The van der Waals surface area contributed by atoms with E-state index in [1.165, 1.54) is 0 Å². The van der Waals surface area contributed by atoms with E-state index in [4.69, 9.17) is 5.73 Å². The Kier molecular flexibility index (Phi) is 4.54. The number of nitrogens with one attached hydrogen (secondary N) is 1. The third-order valence-corrected chi connectivity index (χ3v) is 5.67. The zero-order chi connectivity index (χ0) is 22.4. The fourth-order valence-corrected chi connectivity index (χ4v) is 4.12. The van der Waals surface area contributed by atoms with Crippen molar-refractivity contribution in [3.05, 3.63) is 82.2 Å². The first-order valence-electron chi connectivity index (χ1n) is 9.89. The van der Waals surface area contributed by atoms with Gasteiger partial charge in [-0.05, 0) is 23.8 Å². The van der Waals surface area contributed by atoms with Crippen LogP contribution in [-0.4, -0.2) is 20.0 Å². The topological polar surface area (TPSA) is 113 Å². The molecule has 156 valence electrons. The van der Waals surface area contributed by atoms with Gasteiger partial charge in [0.15, 0.2) is 0 Å². The van der Waals surface area contributed by atoms with E-state index in [0.29, 0.717) is 44.1 Å². The maximum atomic E-state index is 15.6. The SMILES string of the molecule is Cn1ncc(-c2ccc3c(=O)[nH]nc(CN)c3c2)c1-c1cc(C#N)c2ccccc2c1F. The summed E-state index contributed by atoms with van der Waals surface area (Å²) in [5, 5.41) is 22.5. The summed E-state index contributed by atoms with van der Waals surface area (Å²) in [5.41, 5.74) is 8.62. The maximum absolute atomic E-state index is 15.6. The Labute approximate surface area is 181 Å². The Hall–Kier alpha value is -4.35. The molecule has 5 rings (SSSR count). The predicted molar refractivity (Wildman–Crippen MR) is 120 cm³/mol. The smallest absolute Gasteiger partial charge is 0.272 e. The van der Waals surface area contributed by atoms with Gasteiger partial charge in [0.1, 0.15) is 5.82 Å². The van der Waals surface area contributed by atoms with Crippen molar-refractivity contribution in [2.24, 2.45) is 12.8 Å². The van der Waals surface area contributed by atoms with Crippen LogP contribution in [0.5, 0.6) is 0 Å². The lowest BCUT2D eigenvalue weighted by atomic mass is 9.94. The molecule has 0 bridgehead atoms. The highest BCUT2D eigenvalue weighted by molar-refractivity contribution is 5.96. The van der Waals surface area contributed by atoms with E-state index in [-0.39, 0.29) is 17.7 Å². The first kappa shape index (κ1) is 19.6. The molecule has 7 nitrogen and oxygen atoms in total. The number of aromatic nitrogens is 4. The van der Waals surface area contributed by atoms with Crippen molar-refractivity contribution in [1.82, 2.24) is 20.0 Å². The Morgan fingerprint density at radius 3 is 2.62 bits per heavy atom. The van der Waals surface area contributed by atoms with Gasteiger partial charge in [0.2, 0.25) is 0 Å². The molecule has 2 heterocycles. The fraction of sp³-hybridized carbons (Fsp3) is 0.0833. The summed E-state index contributed by atoms with van der Waals surface area (Å²) in [7, 11) is 1.72. The second-order valence-electron chi connectivity index (χ2n) is 7.44. The molecule has 5 aromatic rings. The zero-order valence-electron chi connectivity index (χ0n) is 17.1. The van der Waals surface area contributed by atoms with Crippen LogP contribution in [0.1, 0.15) is 11.3 Å².